The minimum atomic E-state index is 0.713. The molecule has 0 spiro atoms. The van der Waals surface area contributed by atoms with Gasteiger partial charge in [-0.3, -0.25) is 9.55 Å². The molecule has 4 heterocycles. The number of para-hydroxylation sites is 1. The molecule has 1 saturated heterocycles. The minimum absolute atomic E-state index is 0.713. The summed E-state index contributed by atoms with van der Waals surface area (Å²) in [7, 11) is 0. The van der Waals surface area contributed by atoms with Gasteiger partial charge in [-0.2, -0.15) is 0 Å². The molecule has 0 aliphatic carbocycles. The number of nitrogens with one attached hydrogen (secondary N) is 1. The molecule has 1 N–H and O–H groups in total. The van der Waals surface area contributed by atoms with E-state index in [2.05, 4.69) is 73.0 Å². The fraction of sp³-hybridized carbons (Fsp3) is 0.250. The van der Waals surface area contributed by atoms with Gasteiger partial charge in [-0.25, -0.2) is 4.98 Å². The molecular formula is C24H23N7O. The van der Waals surface area contributed by atoms with E-state index in [0.717, 1.165) is 76.6 Å². The molecule has 0 amide bonds. The highest BCUT2D eigenvalue weighted by Crippen LogP contribution is 2.35. The van der Waals surface area contributed by atoms with Crippen LogP contribution in [0.25, 0.3) is 39.0 Å². The van der Waals surface area contributed by atoms with Crippen LogP contribution in [0.4, 0.5) is 5.69 Å². The van der Waals surface area contributed by atoms with Crippen LogP contribution < -0.4 is 4.90 Å². The van der Waals surface area contributed by atoms with Crippen molar-refractivity contribution in [3.05, 3.63) is 60.3 Å². The Morgan fingerprint density at radius 3 is 2.72 bits per heavy atom. The Labute approximate surface area is 184 Å². The molecule has 0 radical (unpaired) electrons. The van der Waals surface area contributed by atoms with Crippen molar-refractivity contribution in [1.82, 2.24) is 29.7 Å². The number of ether oxygens (including phenoxy) is 1. The number of aryl methyl sites for hydroxylation is 2. The molecule has 8 heteroatoms. The van der Waals surface area contributed by atoms with Crippen LogP contribution in [0.2, 0.25) is 0 Å². The molecule has 5 aromatic rings. The Bertz CT molecular complexity index is 1430. The van der Waals surface area contributed by atoms with Gasteiger partial charge in [0.05, 0.1) is 29.9 Å². The predicted octanol–water partition coefficient (Wildman–Crippen LogP) is 3.81. The molecule has 32 heavy (non-hydrogen) atoms. The number of pyridine rings is 1. The van der Waals surface area contributed by atoms with Crippen LogP contribution >= 0.6 is 0 Å². The number of hydrogen-bond donors (Lipinski definition) is 1. The first-order valence-electron chi connectivity index (χ1n) is 10.8. The van der Waals surface area contributed by atoms with Crippen LogP contribution in [0.5, 0.6) is 0 Å². The van der Waals surface area contributed by atoms with Crippen molar-refractivity contribution >= 4 is 27.6 Å². The lowest BCUT2D eigenvalue weighted by Gasteiger charge is -2.29. The Balaban J connectivity index is 1.66. The number of benzene rings is 2. The van der Waals surface area contributed by atoms with E-state index >= 15 is 0 Å². The summed E-state index contributed by atoms with van der Waals surface area (Å²) < 4.78 is 7.80. The van der Waals surface area contributed by atoms with Crippen LogP contribution in [0.1, 0.15) is 11.4 Å². The number of nitrogens with zero attached hydrogens (tertiary/aromatic N) is 6. The molecule has 1 fully saturated rings. The molecule has 0 atom stereocenters. The van der Waals surface area contributed by atoms with Gasteiger partial charge >= 0.3 is 0 Å². The van der Waals surface area contributed by atoms with Gasteiger partial charge in [-0.1, -0.05) is 18.2 Å². The fourth-order valence-corrected chi connectivity index (χ4v) is 4.61. The van der Waals surface area contributed by atoms with Crippen LogP contribution in [-0.2, 0) is 4.74 Å². The lowest BCUT2D eigenvalue weighted by Crippen LogP contribution is -2.36. The van der Waals surface area contributed by atoms with Crippen LogP contribution in [0.3, 0.4) is 0 Å². The van der Waals surface area contributed by atoms with Crippen LogP contribution in [0, 0.1) is 13.8 Å². The number of aromatic nitrogens is 6. The van der Waals surface area contributed by atoms with Crippen LogP contribution in [-0.4, -0.2) is 56.0 Å². The van der Waals surface area contributed by atoms with Crippen molar-refractivity contribution in [1.29, 1.82) is 0 Å². The maximum Gasteiger partial charge on any atom is 0.163 e. The number of fused-ring (bicyclic) bond motifs is 2. The second kappa shape index (κ2) is 7.42. The molecule has 160 valence electrons. The Kier molecular flexibility index (Phi) is 4.39. The largest absolute Gasteiger partial charge is 0.378 e. The van der Waals surface area contributed by atoms with E-state index in [1.165, 1.54) is 0 Å². The summed E-state index contributed by atoms with van der Waals surface area (Å²) in [5, 5.41) is 9.40. The average Bonchev–Trinajstić information content (AvgIpc) is 3.47. The highest BCUT2D eigenvalue weighted by Gasteiger charge is 2.21. The summed E-state index contributed by atoms with van der Waals surface area (Å²) in [6, 6.07) is 12.7. The number of rotatable bonds is 3. The fourth-order valence-electron chi connectivity index (χ4n) is 4.61. The van der Waals surface area contributed by atoms with Crippen molar-refractivity contribution in [2.75, 3.05) is 31.2 Å². The number of imidazole rings is 1. The third-order valence-corrected chi connectivity index (χ3v) is 6.15. The normalized spacial score (nSPS) is 14.5. The summed E-state index contributed by atoms with van der Waals surface area (Å²) in [6.45, 7) is 7.29. The number of aromatic amines is 1. The second-order valence-corrected chi connectivity index (χ2v) is 8.09. The van der Waals surface area contributed by atoms with Gasteiger partial charge in [0, 0.05) is 35.9 Å². The molecule has 0 saturated carbocycles. The first-order valence-corrected chi connectivity index (χ1v) is 10.8. The number of morpholine rings is 1. The van der Waals surface area contributed by atoms with Gasteiger partial charge < -0.3 is 14.6 Å². The van der Waals surface area contributed by atoms with E-state index in [9.17, 15) is 0 Å². The molecular weight excluding hydrogens is 402 g/mol. The van der Waals surface area contributed by atoms with Gasteiger partial charge in [-0.15, -0.1) is 10.2 Å². The first kappa shape index (κ1) is 18.9. The summed E-state index contributed by atoms with van der Waals surface area (Å²) >= 11 is 0. The molecule has 3 aromatic heterocycles. The lowest BCUT2D eigenvalue weighted by molar-refractivity contribution is 0.122. The first-order chi connectivity index (χ1) is 15.7. The van der Waals surface area contributed by atoms with E-state index in [4.69, 9.17) is 9.72 Å². The zero-order valence-electron chi connectivity index (χ0n) is 18.0. The van der Waals surface area contributed by atoms with Crippen molar-refractivity contribution in [2.24, 2.45) is 0 Å². The summed E-state index contributed by atoms with van der Waals surface area (Å²) in [6.07, 6.45) is 3.48. The van der Waals surface area contributed by atoms with E-state index in [1.54, 1.807) is 6.33 Å². The van der Waals surface area contributed by atoms with Gasteiger partial charge in [0.1, 0.15) is 17.7 Å². The van der Waals surface area contributed by atoms with Crippen molar-refractivity contribution in [3.63, 3.8) is 0 Å². The third-order valence-electron chi connectivity index (χ3n) is 6.15. The SMILES string of the molecule is Cc1cccc2c(-n3c(C)nc4c(-c5nnc[nH]5)cc(N5CCOCC5)cc43)ccnc12. The molecule has 1 aliphatic rings. The van der Waals surface area contributed by atoms with Gasteiger partial charge in [-0.05, 0) is 37.6 Å². The molecule has 6 rings (SSSR count). The standard InChI is InChI=1S/C24H23N7O/c1-15-4-3-5-18-20(6-7-25-22(15)18)31-16(2)28-23-19(24-26-14-27-29-24)12-17(13-21(23)31)30-8-10-32-11-9-30/h3-7,12-14H,8-11H2,1-2H3,(H,26,27,29). The summed E-state index contributed by atoms with van der Waals surface area (Å²) in [4.78, 5) is 15.1. The second-order valence-electron chi connectivity index (χ2n) is 8.09. The quantitative estimate of drug-likeness (QED) is 0.473. The molecule has 1 aliphatic heterocycles. The monoisotopic (exact) mass is 425 g/mol. The minimum Gasteiger partial charge on any atom is -0.378 e. The van der Waals surface area contributed by atoms with Crippen molar-refractivity contribution in [3.8, 4) is 17.1 Å². The average molecular weight is 425 g/mol. The van der Waals surface area contributed by atoms with Crippen molar-refractivity contribution < 1.29 is 4.74 Å². The smallest absolute Gasteiger partial charge is 0.163 e. The topological polar surface area (TPSA) is 84.8 Å². The van der Waals surface area contributed by atoms with Crippen molar-refractivity contribution in [2.45, 2.75) is 13.8 Å². The maximum atomic E-state index is 5.57. The van der Waals surface area contributed by atoms with E-state index < -0.39 is 0 Å². The van der Waals surface area contributed by atoms with Gasteiger partial charge in [0.25, 0.3) is 0 Å². The van der Waals surface area contributed by atoms with Gasteiger partial charge in [0.15, 0.2) is 5.82 Å². The van der Waals surface area contributed by atoms with E-state index in [1.807, 2.05) is 13.1 Å². The summed E-state index contributed by atoms with van der Waals surface area (Å²) in [5.41, 5.74) is 7.23. The number of H-pyrrole nitrogens is 1. The molecule has 8 nitrogen and oxygen atoms in total. The van der Waals surface area contributed by atoms with E-state index in [0.29, 0.717) is 5.82 Å². The maximum absolute atomic E-state index is 5.57. The predicted molar refractivity (Wildman–Crippen MR) is 124 cm³/mol. The summed E-state index contributed by atoms with van der Waals surface area (Å²) in [5.74, 6) is 1.62. The highest BCUT2D eigenvalue weighted by molar-refractivity contribution is 5.97. The molecule has 0 unspecified atom stereocenters. The molecule has 0 bridgehead atoms. The molecule has 2 aromatic carbocycles. The van der Waals surface area contributed by atoms with E-state index in [-0.39, 0.29) is 0 Å². The Morgan fingerprint density at radius 2 is 1.91 bits per heavy atom. The lowest BCUT2D eigenvalue weighted by atomic mass is 10.1. The number of hydrogen-bond acceptors (Lipinski definition) is 6. The zero-order valence-corrected chi connectivity index (χ0v) is 18.0. The van der Waals surface area contributed by atoms with Gasteiger partial charge in [0.2, 0.25) is 0 Å². The zero-order chi connectivity index (χ0) is 21.7. The van der Waals surface area contributed by atoms with Crippen LogP contribution in [0.15, 0.2) is 48.9 Å². The third kappa shape index (κ3) is 2.95. The Morgan fingerprint density at radius 1 is 1.03 bits per heavy atom. The highest BCUT2D eigenvalue weighted by atomic mass is 16.5. The number of anilines is 1. The Hall–Kier alpha value is -3.78.